The Morgan fingerprint density at radius 3 is 3.09 bits per heavy atom. The number of nitrogens with one attached hydrogen (secondary N) is 1. The number of rotatable bonds is 1. The number of hydrogen-bond acceptors (Lipinski definition) is 1. The lowest BCUT2D eigenvalue weighted by Gasteiger charge is -1.85. The van der Waals surface area contributed by atoms with Gasteiger partial charge < -0.3 is 5.73 Å². The van der Waals surface area contributed by atoms with Crippen LogP contribution >= 0.6 is 0 Å². The molecule has 2 heterocycles. The SMILES string of the molecule is NC(=O)c1cc2cccn2[nH]1. The Bertz CT molecular complexity index is 370. The number of amides is 1. The predicted molar refractivity (Wildman–Crippen MR) is 40.3 cm³/mol. The first-order valence-electron chi connectivity index (χ1n) is 3.23. The quantitative estimate of drug-likeness (QED) is 0.604. The normalized spacial score (nSPS) is 10.5. The minimum absolute atomic E-state index is 0.431. The maximum atomic E-state index is 10.6. The van der Waals surface area contributed by atoms with Gasteiger partial charge in [0.05, 0.1) is 5.52 Å². The molecular weight excluding hydrogens is 142 g/mol. The first-order chi connectivity index (χ1) is 5.27. The minimum Gasteiger partial charge on any atom is -0.364 e. The molecule has 2 rings (SSSR count). The molecule has 2 aromatic rings. The average Bonchev–Trinajstić information content (AvgIpc) is 2.40. The molecule has 0 saturated carbocycles. The summed E-state index contributed by atoms with van der Waals surface area (Å²) in [6.45, 7) is 0. The molecular formula is C7H7N3O. The Balaban J connectivity index is 2.67. The third-order valence-electron chi connectivity index (χ3n) is 1.58. The Hall–Kier alpha value is -1.71. The van der Waals surface area contributed by atoms with E-state index in [1.807, 2.05) is 18.3 Å². The van der Waals surface area contributed by atoms with Gasteiger partial charge in [0.15, 0.2) is 0 Å². The fraction of sp³-hybridized carbons (Fsp3) is 0. The second-order valence-electron chi connectivity index (χ2n) is 2.34. The van der Waals surface area contributed by atoms with Crippen LogP contribution in [0.1, 0.15) is 10.5 Å². The molecule has 4 heteroatoms. The zero-order valence-corrected chi connectivity index (χ0v) is 5.74. The lowest BCUT2D eigenvalue weighted by atomic mass is 10.4. The highest BCUT2D eigenvalue weighted by molar-refractivity contribution is 5.92. The van der Waals surface area contributed by atoms with Crippen molar-refractivity contribution in [3.8, 4) is 0 Å². The van der Waals surface area contributed by atoms with Gasteiger partial charge in [-0.25, -0.2) is 0 Å². The third kappa shape index (κ3) is 0.797. The van der Waals surface area contributed by atoms with Gasteiger partial charge in [0.25, 0.3) is 5.91 Å². The summed E-state index contributed by atoms with van der Waals surface area (Å²) >= 11 is 0. The molecule has 0 saturated heterocycles. The van der Waals surface area contributed by atoms with Gasteiger partial charge in [0.1, 0.15) is 5.69 Å². The molecule has 1 amide bonds. The number of hydrogen-bond donors (Lipinski definition) is 2. The number of aromatic nitrogens is 2. The molecule has 0 spiro atoms. The molecule has 0 fully saturated rings. The number of carbonyl (C=O) groups excluding carboxylic acids is 1. The molecule has 56 valence electrons. The number of nitrogens with two attached hydrogens (primary N) is 1. The van der Waals surface area contributed by atoms with E-state index >= 15 is 0 Å². The van der Waals surface area contributed by atoms with Gasteiger partial charge in [-0.2, -0.15) is 0 Å². The Morgan fingerprint density at radius 2 is 2.45 bits per heavy atom. The first-order valence-corrected chi connectivity index (χ1v) is 3.23. The molecule has 2 aromatic heterocycles. The average molecular weight is 149 g/mol. The summed E-state index contributed by atoms with van der Waals surface area (Å²) in [5, 5.41) is 2.82. The molecule has 0 aliphatic rings. The summed E-state index contributed by atoms with van der Waals surface area (Å²) in [6, 6.07) is 5.49. The lowest BCUT2D eigenvalue weighted by molar-refractivity contribution is 0.0995. The van der Waals surface area contributed by atoms with Crippen LogP contribution in [0.3, 0.4) is 0 Å². The van der Waals surface area contributed by atoms with Crippen molar-refractivity contribution in [2.45, 2.75) is 0 Å². The standard InChI is InChI=1S/C7H7N3O/c8-7(11)6-4-5-2-1-3-10(5)9-6/h1-4,9H,(H2,8,11). The van der Waals surface area contributed by atoms with E-state index in [9.17, 15) is 4.79 Å². The number of nitrogens with zero attached hydrogens (tertiary/aromatic N) is 1. The van der Waals surface area contributed by atoms with Gasteiger partial charge in [-0.05, 0) is 18.2 Å². The number of fused-ring (bicyclic) bond motifs is 1. The van der Waals surface area contributed by atoms with E-state index in [1.165, 1.54) is 0 Å². The molecule has 0 radical (unpaired) electrons. The van der Waals surface area contributed by atoms with Gasteiger partial charge in [-0.3, -0.25) is 14.4 Å². The number of aromatic amines is 1. The summed E-state index contributed by atoms with van der Waals surface area (Å²) in [5.41, 5.74) is 6.43. The molecule has 0 atom stereocenters. The molecule has 11 heavy (non-hydrogen) atoms. The summed E-state index contributed by atoms with van der Waals surface area (Å²) in [7, 11) is 0. The van der Waals surface area contributed by atoms with E-state index in [1.54, 1.807) is 10.6 Å². The van der Waals surface area contributed by atoms with Crippen molar-refractivity contribution in [2.75, 3.05) is 0 Å². The van der Waals surface area contributed by atoms with Crippen LogP contribution in [0.25, 0.3) is 5.52 Å². The topological polar surface area (TPSA) is 63.3 Å². The number of primary amides is 1. The molecule has 0 aliphatic carbocycles. The van der Waals surface area contributed by atoms with Crippen LogP contribution in [-0.2, 0) is 0 Å². The van der Waals surface area contributed by atoms with Crippen LogP contribution in [-0.4, -0.2) is 15.5 Å². The van der Waals surface area contributed by atoms with Crippen molar-refractivity contribution in [3.05, 3.63) is 30.1 Å². The van der Waals surface area contributed by atoms with E-state index in [4.69, 9.17) is 5.73 Å². The maximum Gasteiger partial charge on any atom is 0.266 e. The van der Waals surface area contributed by atoms with Crippen molar-refractivity contribution in [2.24, 2.45) is 5.73 Å². The van der Waals surface area contributed by atoms with Gasteiger partial charge in [0.2, 0.25) is 0 Å². The highest BCUT2D eigenvalue weighted by Crippen LogP contribution is 2.05. The first kappa shape index (κ1) is 6.03. The van der Waals surface area contributed by atoms with Gasteiger partial charge >= 0.3 is 0 Å². The fourth-order valence-electron chi connectivity index (χ4n) is 1.05. The Labute approximate surface area is 62.6 Å². The maximum absolute atomic E-state index is 10.6. The van der Waals surface area contributed by atoms with Crippen molar-refractivity contribution in [1.29, 1.82) is 0 Å². The second kappa shape index (κ2) is 1.88. The summed E-state index contributed by atoms with van der Waals surface area (Å²) in [4.78, 5) is 10.6. The monoisotopic (exact) mass is 149 g/mol. The van der Waals surface area contributed by atoms with Crippen molar-refractivity contribution in [1.82, 2.24) is 9.61 Å². The number of carbonyl (C=O) groups is 1. The summed E-state index contributed by atoms with van der Waals surface area (Å²) in [5.74, 6) is -0.436. The van der Waals surface area contributed by atoms with Crippen LogP contribution in [0, 0.1) is 0 Å². The van der Waals surface area contributed by atoms with E-state index < -0.39 is 5.91 Å². The van der Waals surface area contributed by atoms with Crippen LogP contribution < -0.4 is 5.73 Å². The fourth-order valence-corrected chi connectivity index (χ4v) is 1.05. The summed E-state index contributed by atoms with van der Waals surface area (Å²) < 4.78 is 1.74. The zero-order chi connectivity index (χ0) is 7.84. The van der Waals surface area contributed by atoms with Crippen LogP contribution in [0.2, 0.25) is 0 Å². The highest BCUT2D eigenvalue weighted by atomic mass is 16.1. The van der Waals surface area contributed by atoms with E-state index in [0.717, 1.165) is 5.52 Å². The molecule has 0 unspecified atom stereocenters. The van der Waals surface area contributed by atoms with Crippen molar-refractivity contribution >= 4 is 11.4 Å². The summed E-state index contributed by atoms with van der Waals surface area (Å²) in [6.07, 6.45) is 1.82. The number of H-pyrrole nitrogens is 1. The van der Waals surface area contributed by atoms with Gasteiger partial charge in [0, 0.05) is 6.20 Å². The molecule has 3 N–H and O–H groups in total. The second-order valence-corrected chi connectivity index (χ2v) is 2.34. The Morgan fingerprint density at radius 1 is 1.64 bits per heavy atom. The van der Waals surface area contributed by atoms with Gasteiger partial charge in [-0.15, -0.1) is 0 Å². The van der Waals surface area contributed by atoms with Crippen LogP contribution in [0.4, 0.5) is 0 Å². The largest absolute Gasteiger partial charge is 0.364 e. The molecule has 0 aliphatic heterocycles. The van der Waals surface area contributed by atoms with E-state index in [-0.39, 0.29) is 0 Å². The van der Waals surface area contributed by atoms with Crippen molar-refractivity contribution < 1.29 is 4.79 Å². The van der Waals surface area contributed by atoms with E-state index in [0.29, 0.717) is 5.69 Å². The highest BCUT2D eigenvalue weighted by Gasteiger charge is 2.03. The van der Waals surface area contributed by atoms with Crippen LogP contribution in [0.5, 0.6) is 0 Å². The molecule has 4 nitrogen and oxygen atoms in total. The van der Waals surface area contributed by atoms with Crippen LogP contribution in [0.15, 0.2) is 24.4 Å². The van der Waals surface area contributed by atoms with Crippen molar-refractivity contribution in [3.63, 3.8) is 0 Å². The molecule has 0 aromatic carbocycles. The lowest BCUT2D eigenvalue weighted by Crippen LogP contribution is -2.11. The smallest absolute Gasteiger partial charge is 0.266 e. The van der Waals surface area contributed by atoms with Gasteiger partial charge in [-0.1, -0.05) is 0 Å². The van der Waals surface area contributed by atoms with E-state index in [2.05, 4.69) is 5.10 Å². The molecule has 0 bridgehead atoms. The Kier molecular flexibility index (Phi) is 1.03. The zero-order valence-electron chi connectivity index (χ0n) is 5.74. The minimum atomic E-state index is -0.436. The third-order valence-corrected chi connectivity index (χ3v) is 1.58. The predicted octanol–water partition coefficient (Wildman–Crippen LogP) is 0.366.